The fourth-order valence-electron chi connectivity index (χ4n) is 4.38. The van der Waals surface area contributed by atoms with Crippen molar-refractivity contribution in [2.24, 2.45) is 11.8 Å². The van der Waals surface area contributed by atoms with Crippen LogP contribution in [0.2, 0.25) is 0 Å². The molecule has 0 saturated heterocycles. The van der Waals surface area contributed by atoms with Gasteiger partial charge in [-0.1, -0.05) is 119 Å². The monoisotopic (exact) mass is 503 g/mol. The molecule has 0 spiro atoms. The molecule has 0 aliphatic heterocycles. The molecule has 0 rings (SSSR count). The van der Waals surface area contributed by atoms with Crippen molar-refractivity contribution in [1.82, 2.24) is 4.90 Å². The number of rotatable bonds is 26. The highest BCUT2D eigenvalue weighted by molar-refractivity contribution is 7.53. The second-order valence-corrected chi connectivity index (χ2v) is 12.4. The fourth-order valence-corrected chi connectivity index (χ4v) is 6.26. The van der Waals surface area contributed by atoms with E-state index >= 15 is 0 Å². The van der Waals surface area contributed by atoms with Gasteiger partial charge in [0.15, 0.2) is 0 Å². The quantitative estimate of drug-likeness (QED) is 0.0869. The predicted octanol–water partition coefficient (Wildman–Crippen LogP) is 10.1. The first-order valence-corrected chi connectivity index (χ1v) is 16.8. The molecule has 0 saturated carbocycles. The molecule has 5 heteroatoms. The van der Waals surface area contributed by atoms with Gasteiger partial charge < -0.3 is 9.05 Å². The predicted molar refractivity (Wildman–Crippen MR) is 151 cm³/mol. The zero-order chi connectivity index (χ0) is 25.5. The van der Waals surface area contributed by atoms with Gasteiger partial charge in [-0.25, -0.2) is 0 Å². The SMILES string of the molecule is CCCCCCN(CCCCCC)CP(=O)(OCC(CC)CCCC)OCC(CC)CCCC. The van der Waals surface area contributed by atoms with E-state index in [1.165, 1.54) is 77.0 Å². The Morgan fingerprint density at radius 3 is 1.35 bits per heavy atom. The second kappa shape index (κ2) is 23.5. The highest BCUT2D eigenvalue weighted by Crippen LogP contribution is 2.50. The Morgan fingerprint density at radius 1 is 0.588 bits per heavy atom. The van der Waals surface area contributed by atoms with Crippen molar-refractivity contribution in [3.63, 3.8) is 0 Å². The smallest absolute Gasteiger partial charge is 0.307 e. The van der Waals surface area contributed by atoms with E-state index in [9.17, 15) is 4.57 Å². The van der Waals surface area contributed by atoms with Crippen LogP contribution in [-0.2, 0) is 13.6 Å². The Bertz CT molecular complexity index is 438. The first-order valence-electron chi connectivity index (χ1n) is 15.1. The third kappa shape index (κ3) is 18.4. The molecule has 4 nitrogen and oxygen atoms in total. The largest absolute Gasteiger partial charge is 0.344 e. The first kappa shape index (κ1) is 34.1. The Morgan fingerprint density at radius 2 is 1.00 bits per heavy atom. The van der Waals surface area contributed by atoms with Crippen LogP contribution >= 0.6 is 7.60 Å². The molecule has 0 aromatic carbocycles. The van der Waals surface area contributed by atoms with E-state index in [4.69, 9.17) is 9.05 Å². The summed E-state index contributed by atoms with van der Waals surface area (Å²) >= 11 is 0. The lowest BCUT2D eigenvalue weighted by Crippen LogP contribution is -2.29. The standard InChI is InChI=1S/C29H62NO3P/c1-7-13-17-19-23-30(24-20-18-14-8-2)27-34(31,32-25-28(11-5)21-15-9-3)33-26-29(12-6)22-16-10-4/h28-29H,7-27H2,1-6H3. The van der Waals surface area contributed by atoms with Gasteiger partial charge in [0.1, 0.15) is 6.29 Å². The minimum atomic E-state index is -3.16. The van der Waals surface area contributed by atoms with Crippen LogP contribution < -0.4 is 0 Å². The van der Waals surface area contributed by atoms with E-state index in [1.54, 1.807) is 0 Å². The summed E-state index contributed by atoms with van der Waals surface area (Å²) in [7, 11) is -3.16. The Kier molecular flexibility index (Phi) is 23.6. The summed E-state index contributed by atoms with van der Waals surface area (Å²) in [5, 5.41) is 0. The molecule has 0 heterocycles. The maximum absolute atomic E-state index is 14.1. The lowest BCUT2D eigenvalue weighted by atomic mass is 10.0. The minimum absolute atomic E-state index is 0.458. The van der Waals surface area contributed by atoms with Gasteiger partial charge in [0, 0.05) is 0 Å². The van der Waals surface area contributed by atoms with Crippen LogP contribution in [0, 0.1) is 11.8 Å². The van der Waals surface area contributed by atoms with Gasteiger partial charge in [-0.15, -0.1) is 0 Å². The molecule has 2 atom stereocenters. The van der Waals surface area contributed by atoms with Crippen molar-refractivity contribution in [3.05, 3.63) is 0 Å². The first-order chi connectivity index (χ1) is 16.5. The van der Waals surface area contributed by atoms with Crippen LogP contribution in [0.25, 0.3) is 0 Å². The molecule has 0 bridgehead atoms. The van der Waals surface area contributed by atoms with Gasteiger partial charge in [-0.3, -0.25) is 9.46 Å². The molecular weight excluding hydrogens is 441 g/mol. The molecule has 0 aliphatic carbocycles. The lowest BCUT2D eigenvalue weighted by molar-refractivity contribution is 0.138. The number of unbranched alkanes of at least 4 members (excludes halogenated alkanes) is 8. The van der Waals surface area contributed by atoms with Gasteiger partial charge in [-0.05, 0) is 50.6 Å². The van der Waals surface area contributed by atoms with Crippen LogP contribution in [0.5, 0.6) is 0 Å². The summed E-state index contributed by atoms with van der Waals surface area (Å²) in [6.45, 7) is 16.6. The summed E-state index contributed by atoms with van der Waals surface area (Å²) in [6, 6.07) is 0. The summed E-state index contributed by atoms with van der Waals surface area (Å²) in [6.07, 6.45) is 19.6. The van der Waals surface area contributed by atoms with Crippen molar-refractivity contribution in [2.45, 2.75) is 144 Å². The van der Waals surface area contributed by atoms with Gasteiger partial charge >= 0.3 is 7.60 Å². The number of hydrogen-bond acceptors (Lipinski definition) is 4. The van der Waals surface area contributed by atoms with Gasteiger partial charge in [0.2, 0.25) is 0 Å². The maximum Gasteiger partial charge on any atom is 0.344 e. The number of hydrogen-bond donors (Lipinski definition) is 0. The second-order valence-electron chi connectivity index (χ2n) is 10.4. The van der Waals surface area contributed by atoms with Crippen molar-refractivity contribution in [1.29, 1.82) is 0 Å². The number of nitrogens with zero attached hydrogens (tertiary/aromatic N) is 1. The normalized spacial score (nSPS) is 15.5. The molecule has 0 radical (unpaired) electrons. The average Bonchev–Trinajstić information content (AvgIpc) is 2.84. The third-order valence-electron chi connectivity index (χ3n) is 7.13. The molecule has 2 unspecified atom stereocenters. The van der Waals surface area contributed by atoms with Gasteiger partial charge in [0.25, 0.3) is 0 Å². The van der Waals surface area contributed by atoms with E-state index in [-0.39, 0.29) is 0 Å². The van der Waals surface area contributed by atoms with Gasteiger partial charge in [0.05, 0.1) is 13.2 Å². The highest BCUT2D eigenvalue weighted by atomic mass is 31.2. The van der Waals surface area contributed by atoms with Crippen molar-refractivity contribution in [2.75, 3.05) is 32.6 Å². The third-order valence-corrected chi connectivity index (χ3v) is 8.96. The summed E-state index contributed by atoms with van der Waals surface area (Å²) in [5.74, 6) is 0.947. The molecule has 0 fully saturated rings. The van der Waals surface area contributed by atoms with Crippen LogP contribution in [0.15, 0.2) is 0 Å². The summed E-state index contributed by atoms with van der Waals surface area (Å²) in [5.41, 5.74) is 0. The van der Waals surface area contributed by atoms with Crippen molar-refractivity contribution >= 4 is 7.60 Å². The zero-order valence-corrected chi connectivity index (χ0v) is 25.0. The average molecular weight is 504 g/mol. The van der Waals surface area contributed by atoms with Crippen LogP contribution in [0.4, 0.5) is 0 Å². The van der Waals surface area contributed by atoms with Crippen LogP contribution in [-0.4, -0.2) is 37.5 Å². The molecule has 0 amide bonds. The van der Waals surface area contributed by atoms with E-state index in [2.05, 4.69) is 46.4 Å². The molecule has 0 aromatic rings. The highest BCUT2D eigenvalue weighted by Gasteiger charge is 2.30. The van der Waals surface area contributed by atoms with E-state index in [0.29, 0.717) is 31.3 Å². The van der Waals surface area contributed by atoms with Crippen molar-refractivity contribution in [3.8, 4) is 0 Å². The van der Waals surface area contributed by atoms with E-state index in [1.807, 2.05) is 0 Å². The Labute approximate surface area is 214 Å². The maximum atomic E-state index is 14.1. The molecule has 0 aliphatic rings. The van der Waals surface area contributed by atoms with Crippen molar-refractivity contribution < 1.29 is 13.6 Å². The van der Waals surface area contributed by atoms with E-state index in [0.717, 1.165) is 38.8 Å². The fraction of sp³-hybridized carbons (Fsp3) is 1.00. The topological polar surface area (TPSA) is 38.8 Å². The molecule has 0 aromatic heterocycles. The summed E-state index contributed by atoms with van der Waals surface area (Å²) < 4.78 is 26.6. The zero-order valence-electron chi connectivity index (χ0n) is 24.1. The summed E-state index contributed by atoms with van der Waals surface area (Å²) in [4.78, 5) is 2.39. The van der Waals surface area contributed by atoms with Gasteiger partial charge in [-0.2, -0.15) is 0 Å². The molecular formula is C29H62NO3P. The lowest BCUT2D eigenvalue weighted by Gasteiger charge is -2.29. The molecule has 206 valence electrons. The van der Waals surface area contributed by atoms with Crippen LogP contribution in [0.3, 0.4) is 0 Å². The van der Waals surface area contributed by atoms with E-state index < -0.39 is 7.60 Å². The molecule has 0 N–H and O–H groups in total. The Hall–Kier alpha value is 0.110. The molecule has 34 heavy (non-hydrogen) atoms. The van der Waals surface area contributed by atoms with Crippen LogP contribution in [0.1, 0.15) is 144 Å². The Balaban J connectivity index is 5.26. The minimum Gasteiger partial charge on any atom is -0.307 e.